The summed E-state index contributed by atoms with van der Waals surface area (Å²) in [5.74, 6) is 1.66. The van der Waals surface area contributed by atoms with Crippen molar-refractivity contribution < 1.29 is 19.1 Å². The van der Waals surface area contributed by atoms with Gasteiger partial charge >= 0.3 is 6.03 Å². The van der Waals surface area contributed by atoms with Gasteiger partial charge in [-0.15, -0.1) is 0 Å². The molecule has 2 N–H and O–H groups in total. The molecule has 3 amide bonds. The zero-order chi connectivity index (χ0) is 29.2. The van der Waals surface area contributed by atoms with E-state index in [2.05, 4.69) is 10.6 Å². The Balaban J connectivity index is 1.59. The molecule has 3 aromatic carbocycles. The predicted molar refractivity (Wildman–Crippen MR) is 162 cm³/mol. The Bertz CT molecular complexity index is 1430. The Kier molecular flexibility index (Phi) is 9.99. The zero-order valence-electron chi connectivity index (χ0n) is 24.0. The van der Waals surface area contributed by atoms with Crippen molar-refractivity contribution in [2.75, 3.05) is 37.4 Å². The van der Waals surface area contributed by atoms with E-state index in [4.69, 9.17) is 14.6 Å². The average Bonchev–Trinajstić information content (AvgIpc) is 3.31. The van der Waals surface area contributed by atoms with Crippen LogP contribution in [0.15, 0.2) is 78.9 Å². The molecule has 0 aliphatic rings. The summed E-state index contributed by atoms with van der Waals surface area (Å²) in [5, 5.41) is 10.7. The third-order valence-electron chi connectivity index (χ3n) is 6.52. The molecule has 0 saturated heterocycles. The number of anilines is 2. The van der Waals surface area contributed by atoms with Gasteiger partial charge in [0.05, 0.1) is 25.1 Å². The number of methoxy groups -OCH3 is 1. The summed E-state index contributed by atoms with van der Waals surface area (Å²) in [7, 11) is 1.61. The van der Waals surface area contributed by atoms with Crippen LogP contribution in [0.1, 0.15) is 32.4 Å². The molecule has 4 rings (SSSR count). The van der Waals surface area contributed by atoms with Crippen molar-refractivity contribution in [2.45, 2.75) is 33.6 Å². The fourth-order valence-electron chi connectivity index (χ4n) is 4.45. The van der Waals surface area contributed by atoms with Crippen molar-refractivity contribution >= 4 is 23.4 Å². The van der Waals surface area contributed by atoms with Gasteiger partial charge in [0.2, 0.25) is 5.91 Å². The van der Waals surface area contributed by atoms with Gasteiger partial charge in [0.25, 0.3) is 0 Å². The summed E-state index contributed by atoms with van der Waals surface area (Å²) >= 11 is 0. The van der Waals surface area contributed by atoms with Crippen LogP contribution in [-0.2, 0) is 4.79 Å². The lowest BCUT2D eigenvalue weighted by molar-refractivity contribution is -0.116. The van der Waals surface area contributed by atoms with Gasteiger partial charge < -0.3 is 25.0 Å². The molecule has 0 aliphatic heterocycles. The van der Waals surface area contributed by atoms with Crippen LogP contribution < -0.4 is 20.1 Å². The molecule has 0 aliphatic carbocycles. The Hall–Kier alpha value is -4.79. The highest BCUT2D eigenvalue weighted by Crippen LogP contribution is 2.33. The number of hydrogen-bond donors (Lipinski definition) is 2. The highest BCUT2D eigenvalue weighted by Gasteiger charge is 2.23. The lowest BCUT2D eigenvalue weighted by Crippen LogP contribution is -2.41. The highest BCUT2D eigenvalue weighted by atomic mass is 16.5. The molecule has 214 valence electrons. The largest absolute Gasteiger partial charge is 0.497 e. The Morgan fingerprint density at radius 3 is 2.22 bits per heavy atom. The van der Waals surface area contributed by atoms with Gasteiger partial charge in [0.15, 0.2) is 0 Å². The molecule has 0 saturated carbocycles. The number of unbranched alkanes of at least 4 members (excludes halogenated alkanes) is 1. The number of ether oxygens (including phenoxy) is 2. The minimum absolute atomic E-state index is 0.121. The van der Waals surface area contributed by atoms with E-state index in [1.807, 2.05) is 75.4 Å². The van der Waals surface area contributed by atoms with E-state index in [-0.39, 0.29) is 18.5 Å². The number of aryl methyl sites for hydroxylation is 1. The van der Waals surface area contributed by atoms with Crippen molar-refractivity contribution in [1.29, 1.82) is 0 Å². The van der Waals surface area contributed by atoms with E-state index in [1.165, 1.54) is 4.90 Å². The lowest BCUT2D eigenvalue weighted by atomic mass is 10.1. The number of aromatic nitrogens is 2. The molecular formula is C32H37N5O4. The fourth-order valence-corrected chi connectivity index (χ4v) is 4.45. The molecule has 41 heavy (non-hydrogen) atoms. The van der Waals surface area contributed by atoms with Crippen molar-refractivity contribution in [3.63, 3.8) is 0 Å². The summed E-state index contributed by atoms with van der Waals surface area (Å²) in [6.45, 7) is 6.76. The van der Waals surface area contributed by atoms with Crippen molar-refractivity contribution in [1.82, 2.24) is 14.7 Å². The van der Waals surface area contributed by atoms with Crippen molar-refractivity contribution in [3.8, 4) is 28.3 Å². The average molecular weight is 556 g/mol. The number of urea groups is 1. The monoisotopic (exact) mass is 555 g/mol. The molecule has 4 aromatic rings. The molecule has 0 unspecified atom stereocenters. The van der Waals surface area contributed by atoms with E-state index < -0.39 is 0 Å². The standard InChI is InChI=1S/C32H37N5O4/c1-5-7-21-36(32(39)33-25-13-17-28(18-14-25)41-6-2)22-29(38)34-31-30(24-11-9-8-10-12-24)23(3)35-37(31)26-15-19-27(40-4)20-16-26/h8-20H,5-7,21-22H2,1-4H3,(H,33,39)(H,34,38). The van der Waals surface area contributed by atoms with Gasteiger partial charge in [-0.2, -0.15) is 5.10 Å². The minimum Gasteiger partial charge on any atom is -0.497 e. The third kappa shape index (κ3) is 7.45. The first kappa shape index (κ1) is 29.2. The highest BCUT2D eigenvalue weighted by molar-refractivity contribution is 5.99. The molecule has 0 spiro atoms. The van der Waals surface area contributed by atoms with E-state index in [1.54, 1.807) is 36.1 Å². The number of carbonyl (C=O) groups is 2. The van der Waals surface area contributed by atoms with Gasteiger partial charge in [-0.3, -0.25) is 4.79 Å². The van der Waals surface area contributed by atoms with E-state index in [0.717, 1.165) is 46.8 Å². The first-order chi connectivity index (χ1) is 19.9. The quantitative estimate of drug-likeness (QED) is 0.207. The SMILES string of the molecule is CCCCN(CC(=O)Nc1c(-c2ccccc2)c(C)nn1-c1ccc(OC)cc1)C(=O)Nc1ccc(OCC)cc1. The number of rotatable bonds is 12. The lowest BCUT2D eigenvalue weighted by Gasteiger charge is -2.23. The van der Waals surface area contributed by atoms with Gasteiger partial charge in [0, 0.05) is 17.8 Å². The van der Waals surface area contributed by atoms with Gasteiger partial charge in [-0.1, -0.05) is 43.7 Å². The maximum absolute atomic E-state index is 13.5. The molecule has 0 radical (unpaired) electrons. The summed E-state index contributed by atoms with van der Waals surface area (Å²) in [6, 6.07) is 24.1. The molecule has 0 fully saturated rings. The van der Waals surface area contributed by atoms with Gasteiger partial charge in [0.1, 0.15) is 23.9 Å². The van der Waals surface area contributed by atoms with E-state index >= 15 is 0 Å². The number of hydrogen-bond acceptors (Lipinski definition) is 5. The van der Waals surface area contributed by atoms with Crippen LogP contribution in [0.2, 0.25) is 0 Å². The Morgan fingerprint density at radius 1 is 0.902 bits per heavy atom. The van der Waals surface area contributed by atoms with Crippen molar-refractivity contribution in [3.05, 3.63) is 84.6 Å². The zero-order valence-corrected chi connectivity index (χ0v) is 24.0. The summed E-state index contributed by atoms with van der Waals surface area (Å²) < 4.78 is 12.5. The summed E-state index contributed by atoms with van der Waals surface area (Å²) in [4.78, 5) is 28.3. The third-order valence-corrected chi connectivity index (χ3v) is 6.52. The molecule has 0 atom stereocenters. The fraction of sp³-hybridized carbons (Fsp3) is 0.281. The number of nitrogens with zero attached hydrogens (tertiary/aromatic N) is 3. The molecule has 1 aromatic heterocycles. The van der Waals surface area contributed by atoms with Crippen LogP contribution in [0, 0.1) is 6.92 Å². The maximum atomic E-state index is 13.5. The van der Waals surface area contributed by atoms with E-state index in [9.17, 15) is 9.59 Å². The van der Waals surface area contributed by atoms with Crippen LogP contribution >= 0.6 is 0 Å². The molecule has 9 nitrogen and oxygen atoms in total. The second-order valence-electron chi connectivity index (χ2n) is 9.50. The Labute approximate surface area is 241 Å². The van der Waals surface area contributed by atoms with Crippen molar-refractivity contribution in [2.24, 2.45) is 0 Å². The van der Waals surface area contributed by atoms with Crippen LogP contribution in [0.4, 0.5) is 16.3 Å². The first-order valence-corrected chi connectivity index (χ1v) is 13.8. The topological polar surface area (TPSA) is 97.7 Å². The maximum Gasteiger partial charge on any atom is 0.322 e. The number of benzene rings is 3. The van der Waals surface area contributed by atoms with Crippen LogP contribution in [-0.4, -0.2) is 53.4 Å². The second-order valence-corrected chi connectivity index (χ2v) is 9.50. The summed E-state index contributed by atoms with van der Waals surface area (Å²) in [6.07, 6.45) is 1.65. The number of carbonyl (C=O) groups excluding carboxylic acids is 2. The van der Waals surface area contributed by atoms with Crippen LogP contribution in [0.5, 0.6) is 11.5 Å². The smallest absolute Gasteiger partial charge is 0.322 e. The Morgan fingerprint density at radius 2 is 1.59 bits per heavy atom. The molecule has 0 bridgehead atoms. The predicted octanol–water partition coefficient (Wildman–Crippen LogP) is 6.53. The van der Waals surface area contributed by atoms with Gasteiger partial charge in [-0.25, -0.2) is 9.48 Å². The van der Waals surface area contributed by atoms with Crippen LogP contribution in [0.3, 0.4) is 0 Å². The second kappa shape index (κ2) is 14.0. The first-order valence-electron chi connectivity index (χ1n) is 13.8. The van der Waals surface area contributed by atoms with Crippen LogP contribution in [0.25, 0.3) is 16.8 Å². The molecule has 9 heteroatoms. The number of nitrogens with one attached hydrogen (secondary N) is 2. The number of amides is 3. The van der Waals surface area contributed by atoms with E-state index in [0.29, 0.717) is 24.7 Å². The van der Waals surface area contributed by atoms with Gasteiger partial charge in [-0.05, 0) is 74.4 Å². The minimum atomic E-state index is -0.346. The molecular weight excluding hydrogens is 518 g/mol. The molecule has 1 heterocycles. The normalized spacial score (nSPS) is 10.6. The summed E-state index contributed by atoms with van der Waals surface area (Å²) in [5.41, 5.74) is 3.89.